The smallest absolute Gasteiger partial charge is 0.290 e. The third-order valence-corrected chi connectivity index (χ3v) is 8.92. The lowest BCUT2D eigenvalue weighted by molar-refractivity contribution is 0.0638. The number of aromatic nitrogens is 2. The molecule has 0 radical (unpaired) electrons. The summed E-state index contributed by atoms with van der Waals surface area (Å²) in [4.78, 5) is 24.0. The lowest BCUT2D eigenvalue weighted by Crippen LogP contribution is -2.43. The maximum atomic E-state index is 13.7. The van der Waals surface area contributed by atoms with Crippen LogP contribution in [-0.4, -0.2) is 66.4 Å². The van der Waals surface area contributed by atoms with Gasteiger partial charge in [0.25, 0.3) is 5.91 Å². The molecular weight excluding hydrogens is 520 g/mol. The van der Waals surface area contributed by atoms with Gasteiger partial charge in [-0.15, -0.1) is 11.3 Å². The minimum absolute atomic E-state index is 0.0630. The van der Waals surface area contributed by atoms with Gasteiger partial charge >= 0.3 is 0 Å². The van der Waals surface area contributed by atoms with Gasteiger partial charge in [-0.25, -0.2) is 4.98 Å². The Bertz CT molecular complexity index is 1550. The van der Waals surface area contributed by atoms with E-state index >= 15 is 0 Å². The second-order valence-electron chi connectivity index (χ2n) is 11.4. The number of hydrogen-bond acceptors (Lipinski definition) is 6. The van der Waals surface area contributed by atoms with Crippen molar-refractivity contribution < 1.29 is 14.3 Å². The molecule has 208 valence electrons. The molecule has 0 bridgehead atoms. The average molecular weight is 557 g/mol. The number of carbonyl (C=O) groups is 1. The van der Waals surface area contributed by atoms with Crippen molar-refractivity contribution in [1.29, 1.82) is 0 Å². The van der Waals surface area contributed by atoms with Crippen molar-refractivity contribution in [2.45, 2.75) is 39.3 Å². The summed E-state index contributed by atoms with van der Waals surface area (Å²) in [5.41, 5.74) is 7.17. The molecule has 1 amide bonds. The summed E-state index contributed by atoms with van der Waals surface area (Å²) >= 11 is 1.65. The fourth-order valence-electron chi connectivity index (χ4n) is 5.51. The first kappa shape index (κ1) is 26.6. The average Bonchev–Trinajstić information content (AvgIpc) is 3.64. The van der Waals surface area contributed by atoms with Crippen molar-refractivity contribution in [2.75, 3.05) is 45.4 Å². The molecule has 4 heterocycles. The molecule has 40 heavy (non-hydrogen) atoms. The number of amides is 1. The van der Waals surface area contributed by atoms with E-state index in [9.17, 15) is 4.79 Å². The Labute approximate surface area is 240 Å². The van der Waals surface area contributed by atoms with E-state index in [-0.39, 0.29) is 11.4 Å². The number of rotatable bonds is 5. The fraction of sp³-hybridized carbons (Fsp3) is 0.375. The summed E-state index contributed by atoms with van der Waals surface area (Å²) in [5.74, 6) is 1.28. The third kappa shape index (κ3) is 4.69. The highest BCUT2D eigenvalue weighted by atomic mass is 32.1. The summed E-state index contributed by atoms with van der Waals surface area (Å²) < 4.78 is 13.6. The van der Waals surface area contributed by atoms with Gasteiger partial charge in [-0.1, -0.05) is 18.2 Å². The lowest BCUT2D eigenvalue weighted by Gasteiger charge is -2.32. The number of nitrogens with zero attached hydrogens (tertiary/aromatic N) is 4. The highest BCUT2D eigenvalue weighted by Gasteiger charge is 2.33. The van der Waals surface area contributed by atoms with Crippen molar-refractivity contribution >= 4 is 22.9 Å². The number of hydrogen-bond donors (Lipinski definition) is 0. The second-order valence-corrected chi connectivity index (χ2v) is 12.4. The largest absolute Gasteiger partial charge is 0.496 e. The molecule has 0 unspecified atom stereocenters. The molecule has 0 aliphatic carbocycles. The van der Waals surface area contributed by atoms with Gasteiger partial charge in [0.15, 0.2) is 5.82 Å². The topological polar surface area (TPSA) is 59.8 Å². The minimum atomic E-state index is -0.314. The Morgan fingerprint density at radius 2 is 1.85 bits per heavy atom. The standard InChI is InChI=1S/C32H36N4O3S/c1-32(2,3)34(4)31(37)30-33-28(27-10-7-17-40-27)29-25-20-24(26(38-5)19-22(25)11-12-36(29)30)21-8-6-9-23(18-21)35-13-15-39-16-14-35/h6-10,17-20H,11-16H2,1-5H3. The molecule has 1 fully saturated rings. The van der Waals surface area contributed by atoms with Gasteiger partial charge in [-0.3, -0.25) is 4.79 Å². The van der Waals surface area contributed by atoms with Gasteiger partial charge in [0.05, 0.1) is 30.9 Å². The molecule has 2 aromatic carbocycles. The van der Waals surface area contributed by atoms with Crippen LogP contribution in [0.25, 0.3) is 33.0 Å². The first-order valence-electron chi connectivity index (χ1n) is 13.8. The highest BCUT2D eigenvalue weighted by molar-refractivity contribution is 7.13. The van der Waals surface area contributed by atoms with Crippen molar-refractivity contribution in [3.8, 4) is 38.7 Å². The van der Waals surface area contributed by atoms with Crippen LogP contribution in [0.15, 0.2) is 53.9 Å². The number of ether oxygens (including phenoxy) is 2. The summed E-state index contributed by atoms with van der Waals surface area (Å²) in [7, 11) is 3.59. The van der Waals surface area contributed by atoms with Crippen LogP contribution in [0.2, 0.25) is 0 Å². The van der Waals surface area contributed by atoms with Crippen molar-refractivity contribution in [1.82, 2.24) is 14.5 Å². The van der Waals surface area contributed by atoms with E-state index in [0.29, 0.717) is 12.4 Å². The van der Waals surface area contributed by atoms with Crippen LogP contribution in [0.1, 0.15) is 37.0 Å². The van der Waals surface area contributed by atoms with E-state index in [4.69, 9.17) is 14.5 Å². The van der Waals surface area contributed by atoms with Crippen molar-refractivity contribution in [3.05, 3.63) is 65.3 Å². The van der Waals surface area contributed by atoms with Gasteiger partial charge in [0, 0.05) is 49.0 Å². The Hall–Kier alpha value is -3.62. The first-order valence-corrected chi connectivity index (χ1v) is 14.7. The van der Waals surface area contributed by atoms with Crippen LogP contribution in [0.5, 0.6) is 5.75 Å². The number of carbonyl (C=O) groups excluding carboxylic acids is 1. The Morgan fingerprint density at radius 1 is 1.05 bits per heavy atom. The van der Waals surface area contributed by atoms with E-state index in [1.54, 1.807) is 23.3 Å². The van der Waals surface area contributed by atoms with Gasteiger partial charge < -0.3 is 23.8 Å². The number of morpholine rings is 1. The lowest BCUT2D eigenvalue weighted by atomic mass is 9.91. The van der Waals surface area contributed by atoms with Crippen LogP contribution in [0, 0.1) is 0 Å². The third-order valence-electron chi connectivity index (χ3n) is 8.04. The van der Waals surface area contributed by atoms with E-state index in [0.717, 1.165) is 71.4 Å². The summed E-state index contributed by atoms with van der Waals surface area (Å²) in [6.07, 6.45) is 0.798. The maximum absolute atomic E-state index is 13.7. The molecule has 2 aliphatic rings. The number of methoxy groups -OCH3 is 1. The van der Waals surface area contributed by atoms with Crippen molar-refractivity contribution in [2.24, 2.45) is 0 Å². The van der Waals surface area contributed by atoms with Crippen LogP contribution in [-0.2, 0) is 17.7 Å². The number of imidazole rings is 1. The number of benzene rings is 2. The monoisotopic (exact) mass is 556 g/mol. The van der Waals surface area contributed by atoms with Gasteiger partial charge in [0.2, 0.25) is 0 Å². The molecule has 0 N–H and O–H groups in total. The van der Waals surface area contributed by atoms with Crippen molar-refractivity contribution in [3.63, 3.8) is 0 Å². The predicted molar refractivity (Wildman–Crippen MR) is 162 cm³/mol. The Kier molecular flexibility index (Phi) is 6.92. The van der Waals surface area contributed by atoms with Crippen LogP contribution in [0.4, 0.5) is 5.69 Å². The second kappa shape index (κ2) is 10.4. The molecule has 4 aromatic rings. The highest BCUT2D eigenvalue weighted by Crippen LogP contribution is 2.44. The molecule has 0 spiro atoms. The summed E-state index contributed by atoms with van der Waals surface area (Å²) in [6, 6.07) is 17.2. The Morgan fingerprint density at radius 3 is 2.55 bits per heavy atom. The van der Waals surface area contributed by atoms with E-state index in [1.807, 2.05) is 33.9 Å². The molecule has 1 saturated heterocycles. The number of aryl methyl sites for hydroxylation is 1. The quantitative estimate of drug-likeness (QED) is 0.292. The molecule has 2 aromatic heterocycles. The zero-order valence-electron chi connectivity index (χ0n) is 23.9. The first-order chi connectivity index (χ1) is 19.3. The molecule has 6 rings (SSSR count). The minimum Gasteiger partial charge on any atom is -0.496 e. The normalized spacial score (nSPS) is 15.0. The van der Waals surface area contributed by atoms with Crippen LogP contribution in [0.3, 0.4) is 0 Å². The molecule has 7 nitrogen and oxygen atoms in total. The van der Waals surface area contributed by atoms with Crippen LogP contribution < -0.4 is 9.64 Å². The van der Waals surface area contributed by atoms with Gasteiger partial charge in [-0.2, -0.15) is 0 Å². The molecule has 2 aliphatic heterocycles. The number of anilines is 1. The van der Waals surface area contributed by atoms with E-state index in [2.05, 4.69) is 57.3 Å². The maximum Gasteiger partial charge on any atom is 0.290 e. The fourth-order valence-corrected chi connectivity index (χ4v) is 6.23. The molecule has 0 saturated carbocycles. The number of fused-ring (bicyclic) bond motifs is 3. The molecular formula is C32H36N4O3S. The van der Waals surface area contributed by atoms with E-state index in [1.165, 1.54) is 11.3 Å². The van der Waals surface area contributed by atoms with E-state index < -0.39 is 0 Å². The summed E-state index contributed by atoms with van der Waals surface area (Å²) in [6.45, 7) is 10.1. The number of thiophene rings is 1. The SMILES string of the molecule is COc1cc2c(cc1-c1cccc(N3CCOCC3)c1)-c1c(-c3cccs3)nc(C(=O)N(C)C(C)(C)C)n1CC2. The van der Waals surface area contributed by atoms with Crippen LogP contribution >= 0.6 is 11.3 Å². The van der Waals surface area contributed by atoms with Gasteiger partial charge in [-0.05, 0) is 74.0 Å². The zero-order chi connectivity index (χ0) is 28.0. The predicted octanol–water partition coefficient (Wildman–Crippen LogP) is 6.22. The zero-order valence-corrected chi connectivity index (χ0v) is 24.7. The molecule has 8 heteroatoms. The van der Waals surface area contributed by atoms with Gasteiger partial charge in [0.1, 0.15) is 11.4 Å². The molecule has 0 atom stereocenters. The summed E-state index contributed by atoms with van der Waals surface area (Å²) in [5, 5.41) is 2.06. The Balaban J connectivity index is 1.51.